The van der Waals surface area contributed by atoms with Crippen LogP contribution in [0.25, 0.3) is 0 Å². The van der Waals surface area contributed by atoms with Crippen molar-refractivity contribution in [3.63, 3.8) is 0 Å². The van der Waals surface area contributed by atoms with E-state index in [0.29, 0.717) is 4.90 Å². The van der Waals surface area contributed by atoms with Crippen molar-refractivity contribution in [1.82, 2.24) is 4.90 Å². The van der Waals surface area contributed by atoms with Crippen LogP contribution in [0.3, 0.4) is 0 Å². The monoisotopic (exact) mass is 301 g/mol. The van der Waals surface area contributed by atoms with E-state index in [1.54, 1.807) is 0 Å². The topological polar surface area (TPSA) is 37.4 Å². The molecule has 3 nitrogen and oxygen atoms in total. The lowest BCUT2D eigenvalue weighted by Gasteiger charge is -2.39. The van der Waals surface area contributed by atoms with Crippen LogP contribution in [0.1, 0.15) is 13.8 Å². The first kappa shape index (κ1) is 13.5. The molecular weight excluding hydrogens is 291 g/mol. The van der Waals surface area contributed by atoms with Crippen molar-refractivity contribution in [3.05, 3.63) is 0 Å². The zero-order valence-electron chi connectivity index (χ0n) is 8.77. The number of hydrogen-bond donors (Lipinski definition) is 0. The maximum atomic E-state index is 12.2. The lowest BCUT2D eigenvalue weighted by atomic mass is 9.82. The Morgan fingerprint density at radius 3 is 2.38 bits per heavy atom. The van der Waals surface area contributed by atoms with Crippen LogP contribution < -0.4 is 0 Å². The Morgan fingerprint density at radius 1 is 1.50 bits per heavy atom. The molecule has 0 N–H and O–H groups in total. The molecule has 0 bridgehead atoms. The largest absolute Gasteiger partial charge is 0.471 e. The minimum Gasteiger partial charge on any atom is -0.332 e. The van der Waals surface area contributed by atoms with Crippen LogP contribution in [0.2, 0.25) is 0 Å². The molecular formula is C9H11BrF3NO2. The zero-order valence-corrected chi connectivity index (χ0v) is 10.4. The van der Waals surface area contributed by atoms with Gasteiger partial charge < -0.3 is 4.90 Å². The molecule has 0 aliphatic carbocycles. The lowest BCUT2D eigenvalue weighted by molar-refractivity contribution is -0.188. The maximum Gasteiger partial charge on any atom is 0.471 e. The molecule has 0 aromatic heterocycles. The predicted molar refractivity (Wildman–Crippen MR) is 54.1 cm³/mol. The summed E-state index contributed by atoms with van der Waals surface area (Å²) in [5.74, 6) is -2.07. The number of Topliss-reactive ketones (excluding diaryl/α,β-unsaturated/α-hetero) is 1. The van der Waals surface area contributed by atoms with Crippen molar-refractivity contribution >= 4 is 27.6 Å². The number of halogens is 4. The van der Waals surface area contributed by atoms with Crippen LogP contribution in [0.5, 0.6) is 0 Å². The average molecular weight is 302 g/mol. The molecule has 1 aliphatic rings. The summed E-state index contributed by atoms with van der Waals surface area (Å²) in [4.78, 5) is 22.6. The molecule has 1 fully saturated rings. The molecule has 92 valence electrons. The molecule has 16 heavy (non-hydrogen) atoms. The van der Waals surface area contributed by atoms with E-state index in [4.69, 9.17) is 0 Å². The highest BCUT2D eigenvalue weighted by atomic mass is 79.9. The van der Waals surface area contributed by atoms with E-state index >= 15 is 0 Å². The van der Waals surface area contributed by atoms with Crippen LogP contribution in [0.15, 0.2) is 0 Å². The van der Waals surface area contributed by atoms with E-state index < -0.39 is 22.3 Å². The standard InChI is InChI=1S/C9H11BrF3NO2/c1-8(2)4-14(3-5(10)6(8)15)7(16)9(11,12)13/h5H,3-4H2,1-2H3. The third kappa shape index (κ3) is 2.56. The highest BCUT2D eigenvalue weighted by Gasteiger charge is 2.48. The van der Waals surface area contributed by atoms with E-state index in [0.717, 1.165) is 0 Å². The van der Waals surface area contributed by atoms with Crippen molar-refractivity contribution in [2.24, 2.45) is 5.41 Å². The zero-order chi connectivity index (χ0) is 12.7. The van der Waals surface area contributed by atoms with E-state index in [9.17, 15) is 22.8 Å². The summed E-state index contributed by atoms with van der Waals surface area (Å²) in [6, 6.07) is 0. The Hall–Kier alpha value is -0.590. The summed E-state index contributed by atoms with van der Waals surface area (Å²) >= 11 is 2.99. The molecule has 1 aliphatic heterocycles. The fourth-order valence-electron chi connectivity index (χ4n) is 1.65. The van der Waals surface area contributed by atoms with Gasteiger partial charge in [0.25, 0.3) is 0 Å². The third-order valence-corrected chi connectivity index (χ3v) is 3.15. The SMILES string of the molecule is CC1(C)CN(C(=O)C(F)(F)F)CC(Br)C1=O. The Kier molecular flexibility index (Phi) is 3.38. The molecule has 0 saturated carbocycles. The molecule has 1 saturated heterocycles. The van der Waals surface area contributed by atoms with Crippen molar-refractivity contribution in [3.8, 4) is 0 Å². The molecule has 0 spiro atoms. The van der Waals surface area contributed by atoms with Gasteiger partial charge in [0.05, 0.1) is 4.83 Å². The van der Waals surface area contributed by atoms with E-state index in [1.807, 2.05) is 0 Å². The molecule has 1 unspecified atom stereocenters. The second kappa shape index (κ2) is 4.01. The fraction of sp³-hybridized carbons (Fsp3) is 0.778. The Balaban J connectivity index is 2.88. The number of amides is 1. The number of hydrogen-bond acceptors (Lipinski definition) is 2. The van der Waals surface area contributed by atoms with Crippen molar-refractivity contribution in [1.29, 1.82) is 0 Å². The predicted octanol–water partition coefficient (Wildman–Crippen LogP) is 1.75. The number of rotatable bonds is 0. The number of ketones is 1. The molecule has 1 rings (SSSR count). The first-order valence-corrected chi connectivity index (χ1v) is 5.52. The quantitative estimate of drug-likeness (QED) is 0.639. The molecule has 0 radical (unpaired) electrons. The number of carbonyl (C=O) groups is 2. The smallest absolute Gasteiger partial charge is 0.332 e. The highest BCUT2D eigenvalue weighted by Crippen LogP contribution is 2.31. The van der Waals surface area contributed by atoms with Crippen LogP contribution in [-0.4, -0.2) is 40.7 Å². The molecule has 1 heterocycles. The molecule has 1 amide bonds. The second-order valence-electron chi connectivity index (χ2n) is 4.40. The summed E-state index contributed by atoms with van der Waals surface area (Å²) in [6.45, 7) is 2.62. The van der Waals surface area contributed by atoms with Gasteiger partial charge in [-0.3, -0.25) is 9.59 Å². The van der Waals surface area contributed by atoms with Crippen LogP contribution >= 0.6 is 15.9 Å². The van der Waals surface area contributed by atoms with E-state index in [-0.39, 0.29) is 18.9 Å². The summed E-state index contributed by atoms with van der Waals surface area (Å²) in [7, 11) is 0. The van der Waals surface area contributed by atoms with Gasteiger partial charge in [0, 0.05) is 18.5 Å². The minimum atomic E-state index is -4.89. The Bertz CT molecular complexity index is 327. The Morgan fingerprint density at radius 2 is 2.00 bits per heavy atom. The van der Waals surface area contributed by atoms with Crippen LogP contribution in [0, 0.1) is 5.41 Å². The first-order valence-electron chi connectivity index (χ1n) is 4.60. The van der Waals surface area contributed by atoms with E-state index in [1.165, 1.54) is 13.8 Å². The van der Waals surface area contributed by atoms with Gasteiger partial charge in [-0.05, 0) is 0 Å². The van der Waals surface area contributed by atoms with Gasteiger partial charge in [0.1, 0.15) is 0 Å². The molecule has 7 heteroatoms. The molecule has 1 atom stereocenters. The van der Waals surface area contributed by atoms with Crippen LogP contribution in [-0.2, 0) is 9.59 Å². The fourth-order valence-corrected chi connectivity index (χ4v) is 2.62. The lowest BCUT2D eigenvalue weighted by Crippen LogP contribution is -2.56. The minimum absolute atomic E-state index is 0.182. The van der Waals surface area contributed by atoms with Gasteiger partial charge in [-0.1, -0.05) is 29.8 Å². The second-order valence-corrected chi connectivity index (χ2v) is 5.50. The summed E-state index contributed by atoms with van der Waals surface area (Å²) < 4.78 is 36.7. The summed E-state index contributed by atoms with van der Waals surface area (Å²) in [6.07, 6.45) is -4.89. The van der Waals surface area contributed by atoms with Gasteiger partial charge in [-0.25, -0.2) is 0 Å². The van der Waals surface area contributed by atoms with Crippen molar-refractivity contribution in [2.45, 2.75) is 24.9 Å². The number of likely N-dealkylation sites (tertiary alicyclic amines) is 1. The number of alkyl halides is 4. The van der Waals surface area contributed by atoms with Crippen molar-refractivity contribution in [2.75, 3.05) is 13.1 Å². The molecule has 0 aromatic carbocycles. The number of piperidine rings is 1. The third-order valence-electron chi connectivity index (χ3n) is 2.45. The summed E-state index contributed by atoms with van der Waals surface area (Å²) in [5, 5.41) is 0. The van der Waals surface area contributed by atoms with E-state index in [2.05, 4.69) is 15.9 Å². The van der Waals surface area contributed by atoms with Gasteiger partial charge in [-0.15, -0.1) is 0 Å². The maximum absolute atomic E-state index is 12.2. The number of nitrogens with zero attached hydrogens (tertiary/aromatic N) is 1. The van der Waals surface area contributed by atoms with Gasteiger partial charge in [0.2, 0.25) is 0 Å². The van der Waals surface area contributed by atoms with Gasteiger partial charge >= 0.3 is 12.1 Å². The van der Waals surface area contributed by atoms with Gasteiger partial charge in [0.15, 0.2) is 5.78 Å². The number of carbonyl (C=O) groups excluding carboxylic acids is 2. The van der Waals surface area contributed by atoms with Crippen LogP contribution in [0.4, 0.5) is 13.2 Å². The first-order chi connectivity index (χ1) is 7.05. The average Bonchev–Trinajstić information content (AvgIpc) is 2.10. The summed E-state index contributed by atoms with van der Waals surface area (Å²) in [5.41, 5.74) is -0.951. The Labute approximate surface area is 99.1 Å². The normalized spacial score (nSPS) is 25.8. The van der Waals surface area contributed by atoms with Crippen molar-refractivity contribution < 1.29 is 22.8 Å². The highest BCUT2D eigenvalue weighted by molar-refractivity contribution is 9.10. The molecule has 0 aromatic rings. The van der Waals surface area contributed by atoms with Gasteiger partial charge in [-0.2, -0.15) is 13.2 Å².